The molecule has 0 bridgehead atoms. The highest BCUT2D eigenvalue weighted by Crippen LogP contribution is 2.36. The third kappa shape index (κ3) is 3.85. The average molecular weight is 291 g/mol. The van der Waals surface area contributed by atoms with Gasteiger partial charge in [-0.1, -0.05) is 27.7 Å². The molecule has 0 aliphatic carbocycles. The van der Waals surface area contributed by atoms with Crippen molar-refractivity contribution in [2.45, 2.75) is 59.8 Å². The van der Waals surface area contributed by atoms with Gasteiger partial charge in [0.2, 0.25) is 5.91 Å². The second kappa shape index (κ2) is 7.49. The van der Waals surface area contributed by atoms with Crippen LogP contribution in [0.3, 0.4) is 0 Å². The van der Waals surface area contributed by atoms with Crippen molar-refractivity contribution in [3.05, 3.63) is 0 Å². The molecule has 1 rings (SSSR count). The first kappa shape index (κ1) is 18.7. The van der Waals surface area contributed by atoms with Crippen LogP contribution in [-0.2, 0) is 4.79 Å². The van der Waals surface area contributed by atoms with Gasteiger partial charge in [-0.3, -0.25) is 4.79 Å². The fraction of sp³-hybridized carbons (Fsp3) is 0.933. The van der Waals surface area contributed by atoms with Crippen molar-refractivity contribution in [2.24, 2.45) is 16.6 Å². The van der Waals surface area contributed by atoms with Gasteiger partial charge in [0.05, 0.1) is 5.41 Å². The number of halogens is 1. The molecule has 2 N–H and O–H groups in total. The molecule has 1 saturated heterocycles. The molecule has 1 unspecified atom stereocenters. The van der Waals surface area contributed by atoms with Gasteiger partial charge in [-0.25, -0.2) is 0 Å². The summed E-state index contributed by atoms with van der Waals surface area (Å²) in [4.78, 5) is 14.8. The largest absolute Gasteiger partial charge is 0.342 e. The highest BCUT2D eigenvalue weighted by molar-refractivity contribution is 5.85. The van der Waals surface area contributed by atoms with Crippen LogP contribution in [0.4, 0.5) is 0 Å². The number of amides is 1. The van der Waals surface area contributed by atoms with Crippen molar-refractivity contribution in [3.8, 4) is 0 Å². The van der Waals surface area contributed by atoms with Crippen LogP contribution in [0.2, 0.25) is 0 Å². The lowest BCUT2D eigenvalue weighted by Crippen LogP contribution is -2.52. The van der Waals surface area contributed by atoms with Crippen LogP contribution in [0.1, 0.15) is 59.8 Å². The summed E-state index contributed by atoms with van der Waals surface area (Å²) in [6, 6.07) is 0. The van der Waals surface area contributed by atoms with Gasteiger partial charge in [0.1, 0.15) is 0 Å². The molecule has 114 valence electrons. The predicted molar refractivity (Wildman–Crippen MR) is 83.5 cm³/mol. The molecular weight excluding hydrogens is 260 g/mol. The molecule has 1 aliphatic heterocycles. The molecule has 19 heavy (non-hydrogen) atoms. The SMILES string of the molecule is CCC1(C)CCCN(C(=O)C(CC)(CC)CN)C1.Cl. The van der Waals surface area contributed by atoms with Gasteiger partial charge in [-0.05, 0) is 37.5 Å². The van der Waals surface area contributed by atoms with E-state index in [0.717, 1.165) is 38.8 Å². The number of hydrogen-bond donors (Lipinski definition) is 1. The van der Waals surface area contributed by atoms with Crippen LogP contribution in [0.5, 0.6) is 0 Å². The van der Waals surface area contributed by atoms with E-state index in [-0.39, 0.29) is 23.7 Å². The Labute approximate surface area is 124 Å². The van der Waals surface area contributed by atoms with Crippen LogP contribution in [0.25, 0.3) is 0 Å². The monoisotopic (exact) mass is 290 g/mol. The van der Waals surface area contributed by atoms with Crippen LogP contribution in [0.15, 0.2) is 0 Å². The number of hydrogen-bond acceptors (Lipinski definition) is 2. The Morgan fingerprint density at radius 2 is 1.89 bits per heavy atom. The zero-order valence-electron chi connectivity index (χ0n) is 13.0. The van der Waals surface area contributed by atoms with Crippen LogP contribution in [0, 0.1) is 10.8 Å². The van der Waals surface area contributed by atoms with Crippen molar-refractivity contribution in [3.63, 3.8) is 0 Å². The summed E-state index contributed by atoms with van der Waals surface area (Å²) in [6.45, 7) is 11.0. The van der Waals surface area contributed by atoms with E-state index in [2.05, 4.69) is 32.6 Å². The Morgan fingerprint density at radius 1 is 1.32 bits per heavy atom. The topological polar surface area (TPSA) is 46.3 Å². The minimum Gasteiger partial charge on any atom is -0.342 e. The third-order valence-corrected chi connectivity index (χ3v) is 5.12. The second-order valence-corrected chi connectivity index (χ2v) is 6.19. The smallest absolute Gasteiger partial charge is 0.230 e. The first-order valence-electron chi connectivity index (χ1n) is 7.46. The van der Waals surface area contributed by atoms with E-state index in [1.807, 2.05) is 0 Å². The standard InChI is InChI=1S/C15H30N2O.ClH/c1-5-14(4)9-8-10-17(12-14)13(18)15(6-2,7-3)11-16;/h5-12,16H2,1-4H3;1H. The second-order valence-electron chi connectivity index (χ2n) is 6.19. The summed E-state index contributed by atoms with van der Waals surface area (Å²) in [7, 11) is 0. The Kier molecular flexibility index (Phi) is 7.38. The summed E-state index contributed by atoms with van der Waals surface area (Å²) in [6.07, 6.45) is 5.20. The summed E-state index contributed by atoms with van der Waals surface area (Å²) in [5.74, 6) is 0.286. The summed E-state index contributed by atoms with van der Waals surface area (Å²) in [5.41, 5.74) is 5.86. The molecule has 1 fully saturated rings. The Hall–Kier alpha value is -0.280. The lowest BCUT2D eigenvalue weighted by atomic mass is 9.76. The minimum absolute atomic E-state index is 0. The normalized spacial score (nSPS) is 23.9. The van der Waals surface area contributed by atoms with Crippen LogP contribution < -0.4 is 5.73 Å². The van der Waals surface area contributed by atoms with E-state index in [1.54, 1.807) is 0 Å². The van der Waals surface area contributed by atoms with Gasteiger partial charge in [-0.2, -0.15) is 0 Å². The Bertz CT molecular complexity index is 284. The zero-order valence-corrected chi connectivity index (χ0v) is 13.8. The van der Waals surface area contributed by atoms with E-state index in [1.165, 1.54) is 6.42 Å². The Morgan fingerprint density at radius 3 is 2.32 bits per heavy atom. The number of rotatable bonds is 5. The molecule has 3 nitrogen and oxygen atoms in total. The summed E-state index contributed by atoms with van der Waals surface area (Å²) >= 11 is 0. The molecule has 1 amide bonds. The fourth-order valence-corrected chi connectivity index (χ4v) is 3.04. The highest BCUT2D eigenvalue weighted by Gasteiger charge is 2.40. The van der Waals surface area contributed by atoms with Crippen molar-refractivity contribution < 1.29 is 4.79 Å². The molecule has 4 heteroatoms. The van der Waals surface area contributed by atoms with Crippen molar-refractivity contribution in [1.82, 2.24) is 4.90 Å². The molecule has 0 aromatic carbocycles. The number of nitrogens with two attached hydrogens (primary N) is 1. The van der Waals surface area contributed by atoms with Gasteiger partial charge >= 0.3 is 0 Å². The maximum absolute atomic E-state index is 12.8. The van der Waals surface area contributed by atoms with E-state index < -0.39 is 0 Å². The van der Waals surface area contributed by atoms with Crippen LogP contribution >= 0.6 is 12.4 Å². The first-order valence-corrected chi connectivity index (χ1v) is 7.46. The van der Waals surface area contributed by atoms with Gasteiger partial charge in [0, 0.05) is 19.6 Å². The maximum Gasteiger partial charge on any atom is 0.230 e. The highest BCUT2D eigenvalue weighted by atomic mass is 35.5. The van der Waals surface area contributed by atoms with E-state index in [9.17, 15) is 4.79 Å². The minimum atomic E-state index is -0.327. The van der Waals surface area contributed by atoms with Gasteiger partial charge < -0.3 is 10.6 Å². The molecule has 0 spiro atoms. The van der Waals surface area contributed by atoms with Crippen molar-refractivity contribution in [1.29, 1.82) is 0 Å². The average Bonchev–Trinajstić information content (AvgIpc) is 2.41. The van der Waals surface area contributed by atoms with Gasteiger partial charge in [-0.15, -0.1) is 12.4 Å². The van der Waals surface area contributed by atoms with Crippen molar-refractivity contribution >= 4 is 18.3 Å². The molecule has 0 aromatic heterocycles. The Balaban J connectivity index is 0.00000324. The fourth-order valence-electron chi connectivity index (χ4n) is 3.04. The van der Waals surface area contributed by atoms with Crippen molar-refractivity contribution in [2.75, 3.05) is 19.6 Å². The van der Waals surface area contributed by atoms with E-state index in [0.29, 0.717) is 12.0 Å². The maximum atomic E-state index is 12.8. The molecule has 1 heterocycles. The predicted octanol–water partition coefficient (Wildman–Crippen LogP) is 3.21. The summed E-state index contributed by atoms with van der Waals surface area (Å²) < 4.78 is 0. The molecule has 1 atom stereocenters. The molecule has 0 saturated carbocycles. The number of nitrogens with zero attached hydrogens (tertiary/aromatic N) is 1. The first-order chi connectivity index (χ1) is 8.47. The van der Waals surface area contributed by atoms with Gasteiger partial charge in [0.15, 0.2) is 0 Å². The van der Waals surface area contributed by atoms with E-state index >= 15 is 0 Å². The van der Waals surface area contributed by atoms with E-state index in [4.69, 9.17) is 5.73 Å². The molecular formula is C15H31ClN2O. The summed E-state index contributed by atoms with van der Waals surface area (Å²) in [5, 5.41) is 0. The van der Waals surface area contributed by atoms with Crippen LogP contribution in [-0.4, -0.2) is 30.4 Å². The number of carbonyl (C=O) groups is 1. The zero-order chi connectivity index (χ0) is 13.8. The molecule has 1 aliphatic rings. The molecule has 0 aromatic rings. The quantitative estimate of drug-likeness (QED) is 0.845. The number of carbonyl (C=O) groups excluding carboxylic acids is 1. The third-order valence-electron chi connectivity index (χ3n) is 5.12. The number of likely N-dealkylation sites (tertiary alicyclic amines) is 1. The molecule has 0 radical (unpaired) electrons. The lowest BCUT2D eigenvalue weighted by molar-refractivity contribution is -0.145. The number of piperidine rings is 1. The lowest BCUT2D eigenvalue weighted by Gasteiger charge is -2.44. The van der Waals surface area contributed by atoms with Gasteiger partial charge in [0.25, 0.3) is 0 Å².